The van der Waals surface area contributed by atoms with Crippen LogP contribution in [0, 0.1) is 0 Å². The molecular formula is C23H34N4O4S. The topological polar surface area (TPSA) is 90.0 Å². The fourth-order valence-electron chi connectivity index (χ4n) is 5.08. The Labute approximate surface area is 191 Å². The average Bonchev–Trinajstić information content (AvgIpc) is 3.37. The fraction of sp³-hybridized carbons (Fsp3) is 0.652. The van der Waals surface area contributed by atoms with Gasteiger partial charge in [-0.3, -0.25) is 14.5 Å². The minimum absolute atomic E-state index is 0.185. The summed E-state index contributed by atoms with van der Waals surface area (Å²) in [7, 11) is -3.54. The van der Waals surface area contributed by atoms with Crippen molar-refractivity contribution in [3.8, 4) is 0 Å². The number of likely N-dealkylation sites (tertiary alicyclic amines) is 1. The Balaban J connectivity index is 1.44. The first-order chi connectivity index (χ1) is 15.4. The molecule has 8 nitrogen and oxygen atoms in total. The molecule has 3 aliphatic heterocycles. The van der Waals surface area contributed by atoms with Crippen LogP contribution in [0.3, 0.4) is 0 Å². The van der Waals surface area contributed by atoms with E-state index in [1.54, 1.807) is 18.2 Å². The maximum Gasteiger partial charge on any atom is 0.243 e. The van der Waals surface area contributed by atoms with Crippen LogP contribution in [0.4, 0.5) is 5.69 Å². The van der Waals surface area contributed by atoms with E-state index in [9.17, 15) is 18.0 Å². The first-order valence-corrected chi connectivity index (χ1v) is 13.2. The third kappa shape index (κ3) is 4.84. The van der Waals surface area contributed by atoms with Crippen molar-refractivity contribution in [2.24, 2.45) is 0 Å². The molecule has 3 heterocycles. The number of rotatable bonds is 6. The van der Waals surface area contributed by atoms with E-state index < -0.39 is 16.1 Å². The summed E-state index contributed by atoms with van der Waals surface area (Å²) in [5, 5.41) is 3.00. The number of carbonyl (C=O) groups is 2. The zero-order valence-electron chi connectivity index (χ0n) is 18.9. The van der Waals surface area contributed by atoms with Gasteiger partial charge in [-0.05, 0) is 62.5 Å². The number of fused-ring (bicyclic) bond motifs is 1. The van der Waals surface area contributed by atoms with Crippen LogP contribution in [-0.2, 0) is 26.0 Å². The zero-order valence-corrected chi connectivity index (χ0v) is 19.7. The van der Waals surface area contributed by atoms with Gasteiger partial charge in [0.2, 0.25) is 21.8 Å². The molecule has 2 saturated heterocycles. The number of nitrogens with zero attached hydrogens (tertiary/aromatic N) is 3. The van der Waals surface area contributed by atoms with E-state index in [2.05, 4.69) is 10.2 Å². The second-order valence-electron chi connectivity index (χ2n) is 9.06. The van der Waals surface area contributed by atoms with Crippen molar-refractivity contribution in [3.05, 3.63) is 23.8 Å². The number of anilines is 1. The van der Waals surface area contributed by atoms with Crippen molar-refractivity contribution in [2.45, 2.75) is 62.8 Å². The monoisotopic (exact) mass is 462 g/mol. The van der Waals surface area contributed by atoms with Gasteiger partial charge >= 0.3 is 0 Å². The predicted molar refractivity (Wildman–Crippen MR) is 123 cm³/mol. The minimum atomic E-state index is -3.54. The molecule has 3 aliphatic rings. The molecule has 2 fully saturated rings. The minimum Gasteiger partial charge on any atom is -0.353 e. The maximum absolute atomic E-state index is 13.0. The lowest BCUT2D eigenvalue weighted by Gasteiger charge is -2.25. The van der Waals surface area contributed by atoms with Gasteiger partial charge in [-0.2, -0.15) is 4.31 Å². The molecule has 2 amide bonds. The number of benzene rings is 1. The van der Waals surface area contributed by atoms with Crippen LogP contribution < -0.4 is 10.2 Å². The SMILES string of the molecule is CC(=O)N1c2ccc(S(=O)(=O)N3CCCC3)cc2C[C@@H]1C(=O)NCCN1CCCCCC1. The highest BCUT2D eigenvalue weighted by Crippen LogP contribution is 2.35. The predicted octanol–water partition coefficient (Wildman–Crippen LogP) is 1.74. The maximum atomic E-state index is 13.0. The van der Waals surface area contributed by atoms with Crippen LogP contribution in [0.2, 0.25) is 0 Å². The molecule has 1 atom stereocenters. The third-order valence-corrected chi connectivity index (χ3v) is 8.70. The molecule has 176 valence electrons. The van der Waals surface area contributed by atoms with Crippen LogP contribution in [0.25, 0.3) is 0 Å². The van der Waals surface area contributed by atoms with E-state index >= 15 is 0 Å². The summed E-state index contributed by atoms with van der Waals surface area (Å²) in [5.74, 6) is -0.401. The molecule has 0 unspecified atom stereocenters. The molecule has 1 aromatic rings. The number of hydrogen-bond donors (Lipinski definition) is 1. The summed E-state index contributed by atoms with van der Waals surface area (Å²) < 4.78 is 27.4. The number of hydrogen-bond acceptors (Lipinski definition) is 5. The van der Waals surface area contributed by atoms with Crippen molar-refractivity contribution in [1.82, 2.24) is 14.5 Å². The molecule has 0 spiro atoms. The molecule has 0 bridgehead atoms. The van der Waals surface area contributed by atoms with Gasteiger partial charge in [0.05, 0.1) is 4.90 Å². The number of amides is 2. The summed E-state index contributed by atoms with van der Waals surface area (Å²) in [4.78, 5) is 29.5. The Kier molecular flexibility index (Phi) is 7.17. The average molecular weight is 463 g/mol. The van der Waals surface area contributed by atoms with Crippen LogP contribution in [0.15, 0.2) is 23.1 Å². The van der Waals surface area contributed by atoms with E-state index in [4.69, 9.17) is 0 Å². The van der Waals surface area contributed by atoms with E-state index in [-0.39, 0.29) is 16.7 Å². The Morgan fingerprint density at radius 3 is 2.31 bits per heavy atom. The smallest absolute Gasteiger partial charge is 0.243 e. The number of nitrogens with one attached hydrogen (secondary N) is 1. The molecule has 0 aromatic heterocycles. The summed E-state index contributed by atoms with van der Waals surface area (Å²) in [6.07, 6.45) is 7.02. The largest absolute Gasteiger partial charge is 0.353 e. The second-order valence-corrected chi connectivity index (χ2v) is 11.0. The molecule has 9 heteroatoms. The van der Waals surface area contributed by atoms with Gasteiger partial charge in [0.15, 0.2) is 0 Å². The Morgan fingerprint density at radius 2 is 1.66 bits per heavy atom. The Morgan fingerprint density at radius 1 is 1.00 bits per heavy atom. The molecule has 32 heavy (non-hydrogen) atoms. The van der Waals surface area contributed by atoms with E-state index in [1.165, 1.54) is 41.8 Å². The number of sulfonamides is 1. The first-order valence-electron chi connectivity index (χ1n) is 11.8. The van der Waals surface area contributed by atoms with Gasteiger partial charge in [0, 0.05) is 45.2 Å². The van der Waals surface area contributed by atoms with E-state index in [1.807, 2.05) is 0 Å². The summed E-state index contributed by atoms with van der Waals surface area (Å²) in [6, 6.07) is 4.23. The van der Waals surface area contributed by atoms with Gasteiger partial charge in [-0.15, -0.1) is 0 Å². The van der Waals surface area contributed by atoms with Crippen molar-refractivity contribution >= 4 is 27.5 Å². The lowest BCUT2D eigenvalue weighted by molar-refractivity contribution is -0.125. The molecule has 1 N–H and O–H groups in total. The summed E-state index contributed by atoms with van der Waals surface area (Å²) >= 11 is 0. The molecular weight excluding hydrogens is 428 g/mol. The van der Waals surface area contributed by atoms with E-state index in [0.717, 1.165) is 38.0 Å². The quantitative estimate of drug-likeness (QED) is 0.696. The molecule has 1 aromatic carbocycles. The molecule has 4 rings (SSSR count). The number of carbonyl (C=O) groups excluding carboxylic acids is 2. The summed E-state index contributed by atoms with van der Waals surface area (Å²) in [6.45, 7) is 6.02. The van der Waals surface area contributed by atoms with Gasteiger partial charge in [-0.25, -0.2) is 8.42 Å². The zero-order chi connectivity index (χ0) is 22.7. The fourth-order valence-corrected chi connectivity index (χ4v) is 6.65. The van der Waals surface area contributed by atoms with E-state index in [0.29, 0.717) is 31.7 Å². The van der Waals surface area contributed by atoms with Crippen LogP contribution in [0.1, 0.15) is 51.0 Å². The first kappa shape index (κ1) is 23.2. The normalized spacial score (nSPS) is 22.5. The highest BCUT2D eigenvalue weighted by molar-refractivity contribution is 7.89. The van der Waals surface area contributed by atoms with Gasteiger partial charge < -0.3 is 10.2 Å². The van der Waals surface area contributed by atoms with Crippen molar-refractivity contribution in [2.75, 3.05) is 44.2 Å². The van der Waals surface area contributed by atoms with Gasteiger partial charge in [0.25, 0.3) is 0 Å². The Bertz CT molecular complexity index is 951. The molecule has 0 radical (unpaired) electrons. The summed E-state index contributed by atoms with van der Waals surface area (Å²) in [5.41, 5.74) is 1.36. The highest BCUT2D eigenvalue weighted by Gasteiger charge is 2.38. The Hall–Kier alpha value is -1.97. The second kappa shape index (κ2) is 9.89. The van der Waals surface area contributed by atoms with Gasteiger partial charge in [-0.1, -0.05) is 12.8 Å². The molecule has 0 saturated carbocycles. The lowest BCUT2D eigenvalue weighted by Crippen LogP contribution is -2.48. The van der Waals surface area contributed by atoms with Gasteiger partial charge in [0.1, 0.15) is 6.04 Å². The highest BCUT2D eigenvalue weighted by atomic mass is 32.2. The van der Waals surface area contributed by atoms with Crippen LogP contribution in [0.5, 0.6) is 0 Å². The van der Waals surface area contributed by atoms with Crippen molar-refractivity contribution in [1.29, 1.82) is 0 Å². The van der Waals surface area contributed by atoms with Crippen molar-refractivity contribution < 1.29 is 18.0 Å². The third-order valence-electron chi connectivity index (χ3n) is 6.81. The lowest BCUT2D eigenvalue weighted by atomic mass is 10.1. The van der Waals surface area contributed by atoms with Crippen molar-refractivity contribution in [3.63, 3.8) is 0 Å². The van der Waals surface area contributed by atoms with Crippen LogP contribution in [-0.4, -0.2) is 74.7 Å². The van der Waals surface area contributed by atoms with Crippen LogP contribution >= 0.6 is 0 Å². The standard InChI is InChI=1S/C23H34N4O4S/c1-18(28)27-21-9-8-20(32(30,31)26-13-6-7-14-26)16-19(21)17-22(27)23(29)24-10-15-25-11-4-2-3-5-12-25/h8-9,16,22H,2-7,10-15,17H2,1H3,(H,24,29)/t22-/m1/s1. The molecule has 0 aliphatic carbocycles.